The van der Waals surface area contributed by atoms with Crippen molar-refractivity contribution in [2.45, 2.75) is 39.8 Å². The van der Waals surface area contributed by atoms with Gasteiger partial charge in [-0.1, -0.05) is 48.3 Å². The molecule has 0 radical (unpaired) electrons. The lowest BCUT2D eigenvalue weighted by Gasteiger charge is -2.10. The molecule has 138 valence electrons. The predicted molar refractivity (Wildman–Crippen MR) is 114 cm³/mol. The molecular formula is C17H23Cl2IN4O. The number of nitrogens with one attached hydrogen (secondary N) is 2. The van der Waals surface area contributed by atoms with Crippen molar-refractivity contribution < 1.29 is 4.52 Å². The fourth-order valence-electron chi connectivity index (χ4n) is 2.01. The van der Waals surface area contributed by atoms with E-state index >= 15 is 0 Å². The van der Waals surface area contributed by atoms with E-state index in [0.717, 1.165) is 23.6 Å². The zero-order valence-electron chi connectivity index (χ0n) is 14.5. The van der Waals surface area contributed by atoms with Crippen molar-refractivity contribution in [1.29, 1.82) is 0 Å². The minimum atomic E-state index is 0. The van der Waals surface area contributed by atoms with E-state index in [4.69, 9.17) is 27.7 Å². The molecule has 0 fully saturated rings. The summed E-state index contributed by atoms with van der Waals surface area (Å²) in [5, 5.41) is 11.7. The van der Waals surface area contributed by atoms with Gasteiger partial charge in [-0.2, -0.15) is 0 Å². The Morgan fingerprint density at radius 3 is 2.60 bits per heavy atom. The summed E-state index contributed by atoms with van der Waals surface area (Å²) in [6.45, 7) is 7.90. The van der Waals surface area contributed by atoms with Crippen molar-refractivity contribution in [3.8, 4) is 0 Å². The normalized spacial score (nSPS) is 11.4. The van der Waals surface area contributed by atoms with E-state index in [9.17, 15) is 0 Å². The maximum absolute atomic E-state index is 6.18. The van der Waals surface area contributed by atoms with Crippen LogP contribution in [-0.4, -0.2) is 17.7 Å². The summed E-state index contributed by atoms with van der Waals surface area (Å²) >= 11 is 12.1. The number of halogens is 3. The number of guanidine groups is 1. The molecular weight excluding hydrogens is 474 g/mol. The second kappa shape index (κ2) is 10.9. The second-order valence-corrected chi connectivity index (χ2v) is 6.50. The van der Waals surface area contributed by atoms with E-state index in [1.807, 2.05) is 19.1 Å². The van der Waals surface area contributed by atoms with Crippen LogP contribution < -0.4 is 10.6 Å². The fraction of sp³-hybridized carbons (Fsp3) is 0.412. The molecule has 0 spiro atoms. The first kappa shape index (κ1) is 22.1. The molecule has 0 atom stereocenters. The van der Waals surface area contributed by atoms with E-state index in [1.165, 1.54) is 0 Å². The van der Waals surface area contributed by atoms with Gasteiger partial charge in [-0.3, -0.25) is 0 Å². The zero-order valence-corrected chi connectivity index (χ0v) is 18.3. The maximum atomic E-state index is 6.18. The molecule has 0 bridgehead atoms. The smallest absolute Gasteiger partial charge is 0.191 e. The Balaban J connectivity index is 0.00000312. The molecule has 2 N–H and O–H groups in total. The van der Waals surface area contributed by atoms with Crippen LogP contribution in [-0.2, 0) is 13.1 Å². The van der Waals surface area contributed by atoms with Crippen LogP contribution in [0.5, 0.6) is 0 Å². The molecule has 0 aliphatic carbocycles. The van der Waals surface area contributed by atoms with Gasteiger partial charge in [-0.25, -0.2) is 4.99 Å². The van der Waals surface area contributed by atoms with Gasteiger partial charge in [0, 0.05) is 22.7 Å². The van der Waals surface area contributed by atoms with E-state index in [2.05, 4.69) is 34.6 Å². The largest absolute Gasteiger partial charge is 0.359 e. The topological polar surface area (TPSA) is 62.5 Å². The molecule has 1 aromatic carbocycles. The molecule has 2 aromatic rings. The maximum Gasteiger partial charge on any atom is 0.191 e. The minimum absolute atomic E-state index is 0. The Morgan fingerprint density at radius 2 is 2.00 bits per heavy atom. The summed E-state index contributed by atoms with van der Waals surface area (Å²) in [6.07, 6.45) is 0. The molecule has 2 rings (SSSR count). The van der Waals surface area contributed by atoms with Crippen molar-refractivity contribution in [3.63, 3.8) is 0 Å². The molecule has 0 aliphatic heterocycles. The van der Waals surface area contributed by atoms with E-state index in [1.54, 1.807) is 12.1 Å². The van der Waals surface area contributed by atoms with Gasteiger partial charge >= 0.3 is 0 Å². The highest BCUT2D eigenvalue weighted by Gasteiger charge is 2.08. The van der Waals surface area contributed by atoms with Gasteiger partial charge in [0.05, 0.1) is 18.8 Å². The van der Waals surface area contributed by atoms with Gasteiger partial charge in [-0.15, -0.1) is 24.0 Å². The zero-order chi connectivity index (χ0) is 17.5. The van der Waals surface area contributed by atoms with Crippen LogP contribution in [0.25, 0.3) is 0 Å². The highest BCUT2D eigenvalue weighted by atomic mass is 127. The van der Waals surface area contributed by atoms with Crippen LogP contribution in [0.15, 0.2) is 33.8 Å². The van der Waals surface area contributed by atoms with Crippen molar-refractivity contribution in [2.24, 2.45) is 4.99 Å². The van der Waals surface area contributed by atoms with Crippen LogP contribution in [0.4, 0.5) is 0 Å². The first-order valence-corrected chi connectivity index (χ1v) is 8.66. The number of aliphatic imine (C=N–C) groups is 1. The van der Waals surface area contributed by atoms with Crippen molar-refractivity contribution in [1.82, 2.24) is 15.8 Å². The first-order valence-electron chi connectivity index (χ1n) is 7.91. The Kier molecular flexibility index (Phi) is 9.60. The third-order valence-corrected chi connectivity index (χ3v) is 3.95. The number of benzene rings is 1. The molecule has 8 heteroatoms. The lowest BCUT2D eigenvalue weighted by Crippen LogP contribution is -2.36. The predicted octanol–water partition coefficient (Wildman–Crippen LogP) is 4.98. The molecule has 0 saturated heterocycles. The number of rotatable bonds is 6. The highest BCUT2D eigenvalue weighted by Crippen LogP contribution is 2.21. The third kappa shape index (κ3) is 7.03. The highest BCUT2D eigenvalue weighted by molar-refractivity contribution is 14.0. The third-order valence-electron chi connectivity index (χ3n) is 3.37. The number of hydrogen-bond acceptors (Lipinski definition) is 3. The van der Waals surface area contributed by atoms with Crippen LogP contribution in [0.3, 0.4) is 0 Å². The Morgan fingerprint density at radius 1 is 1.24 bits per heavy atom. The van der Waals surface area contributed by atoms with Crippen LogP contribution in [0, 0.1) is 0 Å². The molecule has 1 aromatic heterocycles. The van der Waals surface area contributed by atoms with Gasteiger partial charge in [0.15, 0.2) is 11.7 Å². The average molecular weight is 497 g/mol. The SMILES string of the molecule is CCNC(=NCc1ccc(Cl)cc1Cl)NCc1cc(C(C)C)no1.I. The Bertz CT molecular complexity index is 704. The van der Waals surface area contributed by atoms with Crippen molar-refractivity contribution in [2.75, 3.05) is 6.54 Å². The summed E-state index contributed by atoms with van der Waals surface area (Å²) in [5.74, 6) is 1.80. The number of aromatic nitrogens is 1. The Hall–Kier alpha value is -0.990. The van der Waals surface area contributed by atoms with E-state index < -0.39 is 0 Å². The van der Waals surface area contributed by atoms with Gasteiger partial charge in [0.2, 0.25) is 0 Å². The van der Waals surface area contributed by atoms with Crippen LogP contribution in [0.1, 0.15) is 43.7 Å². The first-order chi connectivity index (χ1) is 11.5. The van der Waals surface area contributed by atoms with Gasteiger partial charge in [-0.05, 0) is 30.5 Å². The molecule has 0 aliphatic rings. The monoisotopic (exact) mass is 496 g/mol. The molecule has 0 unspecified atom stereocenters. The average Bonchev–Trinajstić information content (AvgIpc) is 3.00. The van der Waals surface area contributed by atoms with Crippen LogP contribution in [0.2, 0.25) is 10.0 Å². The number of nitrogens with zero attached hydrogens (tertiary/aromatic N) is 2. The number of hydrogen-bond donors (Lipinski definition) is 2. The summed E-state index contributed by atoms with van der Waals surface area (Å²) in [4.78, 5) is 4.54. The van der Waals surface area contributed by atoms with Gasteiger partial charge in [0.25, 0.3) is 0 Å². The summed E-state index contributed by atoms with van der Waals surface area (Å²) in [7, 11) is 0. The Labute approximate surface area is 175 Å². The lowest BCUT2D eigenvalue weighted by molar-refractivity contribution is 0.372. The quantitative estimate of drug-likeness (QED) is 0.336. The molecule has 0 saturated carbocycles. The van der Waals surface area contributed by atoms with Crippen molar-refractivity contribution >= 4 is 53.1 Å². The van der Waals surface area contributed by atoms with Crippen LogP contribution >= 0.6 is 47.2 Å². The molecule has 5 nitrogen and oxygen atoms in total. The summed E-state index contributed by atoms with van der Waals surface area (Å²) in [6, 6.07) is 7.36. The minimum Gasteiger partial charge on any atom is -0.359 e. The van der Waals surface area contributed by atoms with E-state index in [0.29, 0.717) is 35.0 Å². The van der Waals surface area contributed by atoms with Crippen molar-refractivity contribution in [3.05, 3.63) is 51.3 Å². The van der Waals surface area contributed by atoms with E-state index in [-0.39, 0.29) is 24.0 Å². The summed E-state index contributed by atoms with van der Waals surface area (Å²) < 4.78 is 5.32. The summed E-state index contributed by atoms with van der Waals surface area (Å²) in [5.41, 5.74) is 1.86. The molecule has 1 heterocycles. The molecule has 25 heavy (non-hydrogen) atoms. The molecule has 0 amide bonds. The fourth-order valence-corrected chi connectivity index (χ4v) is 2.48. The van der Waals surface area contributed by atoms with Gasteiger partial charge < -0.3 is 15.2 Å². The van der Waals surface area contributed by atoms with Gasteiger partial charge in [0.1, 0.15) is 0 Å². The second-order valence-electron chi connectivity index (χ2n) is 5.66. The standard InChI is InChI=1S/C17H22Cl2N4O.HI/c1-4-20-17(21-9-12-5-6-13(18)7-15(12)19)22-10-14-8-16(11(2)3)23-24-14;/h5-8,11H,4,9-10H2,1-3H3,(H2,20,21,22);1H. The lowest BCUT2D eigenvalue weighted by atomic mass is 10.1.